The van der Waals surface area contributed by atoms with Crippen LogP contribution >= 0.6 is 11.6 Å². The van der Waals surface area contributed by atoms with Gasteiger partial charge >= 0.3 is 5.97 Å². The van der Waals surface area contributed by atoms with Crippen LogP contribution in [0, 0.1) is 0 Å². The number of likely N-dealkylation sites (tertiary alicyclic amines) is 1. The second-order valence-corrected chi connectivity index (χ2v) is 13.0. The molecule has 51 heavy (non-hydrogen) atoms. The van der Waals surface area contributed by atoms with E-state index in [1.165, 1.54) is 4.90 Å². The highest BCUT2D eigenvalue weighted by Gasteiger charge is 2.38. The number of carboxylic acid groups (broad SMARTS) is 1. The number of halogens is 1. The summed E-state index contributed by atoms with van der Waals surface area (Å²) in [4.78, 5) is 82.4. The number of aromatic nitrogens is 1. The molecule has 1 aromatic heterocycles. The van der Waals surface area contributed by atoms with Gasteiger partial charge in [-0.25, -0.2) is 0 Å². The lowest BCUT2D eigenvalue weighted by Crippen LogP contribution is -2.60. The normalized spacial score (nSPS) is 16.2. The molecule has 0 spiro atoms. The van der Waals surface area contributed by atoms with Gasteiger partial charge in [0.05, 0.1) is 0 Å². The summed E-state index contributed by atoms with van der Waals surface area (Å²) < 4.78 is 0. The summed E-state index contributed by atoms with van der Waals surface area (Å²) in [6.45, 7) is 0.187. The van der Waals surface area contributed by atoms with Gasteiger partial charge in [-0.15, -0.1) is 11.6 Å². The van der Waals surface area contributed by atoms with E-state index in [1.54, 1.807) is 6.20 Å². The molecule has 0 unspecified atom stereocenters. The van der Waals surface area contributed by atoms with E-state index in [9.17, 15) is 33.9 Å². The third kappa shape index (κ3) is 9.43. The van der Waals surface area contributed by atoms with Crippen LogP contribution in [-0.2, 0) is 41.6 Å². The average Bonchev–Trinajstić information content (AvgIpc) is 3.54. The van der Waals surface area contributed by atoms with Crippen LogP contribution in [0.3, 0.4) is 0 Å². The summed E-state index contributed by atoms with van der Waals surface area (Å²) in [7, 11) is 0. The van der Waals surface area contributed by atoms with Gasteiger partial charge in [-0.3, -0.25) is 28.8 Å². The summed E-state index contributed by atoms with van der Waals surface area (Å²) in [6, 6.07) is 16.5. The number of carbonyl (C=O) groups excluding carboxylic acids is 5. The minimum absolute atomic E-state index is 0.0523. The van der Waals surface area contributed by atoms with Crippen LogP contribution in [0.1, 0.15) is 43.2 Å². The first-order chi connectivity index (χ1) is 24.5. The molecule has 1 saturated heterocycles. The second kappa shape index (κ2) is 17.0. The first-order valence-corrected chi connectivity index (χ1v) is 17.4. The number of hydrogen-bond acceptors (Lipinski definition) is 6. The Morgan fingerprint density at radius 2 is 1.63 bits per heavy atom. The molecule has 5 amide bonds. The standard InChI is InChI=1S/C37H41ClN6O7/c38-20-32(45)41-28(14-15-33(46)47)37(51)44-16-6-5-11-31(44)36(50)43-30(19-25-21-40-27-10-4-3-9-26(25)27)35(49)42-29(34(39)48)18-22-12-13-23-7-1-2-8-24(23)17-22/h1-4,7-10,12-13,17,21,28-31,40H,5-6,11,14-16,18-20H2,(H2,39,48)(H,41,45)(H,42,49)(H,43,50)(H,46,47)/t28-,29-,30-,31-/m0/s1. The average molecular weight is 717 g/mol. The predicted octanol–water partition coefficient (Wildman–Crippen LogP) is 2.53. The Morgan fingerprint density at radius 1 is 0.882 bits per heavy atom. The highest BCUT2D eigenvalue weighted by atomic mass is 35.5. The predicted molar refractivity (Wildman–Crippen MR) is 192 cm³/mol. The molecule has 14 heteroatoms. The molecular formula is C37H41ClN6O7. The number of alkyl halides is 1. The van der Waals surface area contributed by atoms with Gasteiger partial charge < -0.3 is 36.7 Å². The lowest BCUT2D eigenvalue weighted by atomic mass is 9.97. The smallest absolute Gasteiger partial charge is 0.303 e. The van der Waals surface area contributed by atoms with Gasteiger partial charge in [-0.05, 0) is 53.6 Å². The molecule has 3 aromatic carbocycles. The number of amides is 5. The molecule has 268 valence electrons. The number of rotatable bonds is 15. The third-order valence-corrected chi connectivity index (χ3v) is 9.38. The fourth-order valence-electron chi connectivity index (χ4n) is 6.52. The highest BCUT2D eigenvalue weighted by molar-refractivity contribution is 6.27. The number of aromatic amines is 1. The topological polar surface area (TPSA) is 204 Å². The van der Waals surface area contributed by atoms with Crippen molar-refractivity contribution in [2.45, 2.75) is 69.1 Å². The highest BCUT2D eigenvalue weighted by Crippen LogP contribution is 2.23. The molecule has 5 rings (SSSR count). The van der Waals surface area contributed by atoms with E-state index in [-0.39, 0.29) is 32.2 Å². The first kappa shape index (κ1) is 36.8. The number of primary amides is 1. The van der Waals surface area contributed by atoms with Gasteiger partial charge in [0.25, 0.3) is 0 Å². The summed E-state index contributed by atoms with van der Waals surface area (Å²) >= 11 is 5.65. The molecule has 2 heterocycles. The quantitative estimate of drug-likeness (QED) is 0.101. The van der Waals surface area contributed by atoms with Crippen molar-refractivity contribution in [1.29, 1.82) is 0 Å². The van der Waals surface area contributed by atoms with Gasteiger partial charge in [0.1, 0.15) is 30.0 Å². The molecule has 1 aliphatic heterocycles. The van der Waals surface area contributed by atoms with Gasteiger partial charge in [0, 0.05) is 42.9 Å². The van der Waals surface area contributed by atoms with E-state index in [2.05, 4.69) is 20.9 Å². The molecule has 4 aromatic rings. The van der Waals surface area contributed by atoms with Gasteiger partial charge in [0.2, 0.25) is 29.5 Å². The number of fused-ring (bicyclic) bond motifs is 2. The number of piperidine rings is 1. The zero-order chi connectivity index (χ0) is 36.5. The van der Waals surface area contributed by atoms with Crippen molar-refractivity contribution >= 4 is 68.8 Å². The number of aliphatic carboxylic acids is 1. The van der Waals surface area contributed by atoms with Gasteiger partial charge in [-0.2, -0.15) is 0 Å². The van der Waals surface area contributed by atoms with Crippen molar-refractivity contribution in [3.63, 3.8) is 0 Å². The molecule has 0 saturated carbocycles. The molecule has 7 N–H and O–H groups in total. The minimum Gasteiger partial charge on any atom is -0.481 e. The lowest BCUT2D eigenvalue weighted by Gasteiger charge is -2.37. The van der Waals surface area contributed by atoms with Crippen molar-refractivity contribution in [1.82, 2.24) is 25.8 Å². The van der Waals surface area contributed by atoms with Crippen LogP contribution in [0.25, 0.3) is 21.7 Å². The maximum atomic E-state index is 14.0. The Kier molecular flexibility index (Phi) is 12.3. The van der Waals surface area contributed by atoms with E-state index in [0.717, 1.165) is 32.8 Å². The lowest BCUT2D eigenvalue weighted by molar-refractivity contribution is -0.146. The zero-order valence-corrected chi connectivity index (χ0v) is 28.7. The molecule has 4 atom stereocenters. The number of H-pyrrole nitrogens is 1. The van der Waals surface area contributed by atoms with Crippen molar-refractivity contribution in [3.8, 4) is 0 Å². The van der Waals surface area contributed by atoms with E-state index >= 15 is 0 Å². The van der Waals surface area contributed by atoms with Gasteiger partial charge in [0.15, 0.2) is 0 Å². The number of carbonyl (C=O) groups is 6. The number of hydrogen-bond donors (Lipinski definition) is 6. The first-order valence-electron chi connectivity index (χ1n) is 16.8. The van der Waals surface area contributed by atoms with Crippen molar-refractivity contribution in [3.05, 3.63) is 84.1 Å². The Hall–Kier alpha value is -5.43. The monoisotopic (exact) mass is 716 g/mol. The summed E-state index contributed by atoms with van der Waals surface area (Å²) in [5.41, 5.74) is 8.13. The van der Waals surface area contributed by atoms with Crippen LogP contribution in [0.2, 0.25) is 0 Å². The van der Waals surface area contributed by atoms with Crippen LogP contribution in [0.4, 0.5) is 0 Å². The fourth-order valence-corrected chi connectivity index (χ4v) is 6.60. The SMILES string of the molecule is NC(=O)[C@H](Cc1ccc2ccccc2c1)NC(=O)[C@H](Cc1c[nH]c2ccccc12)NC(=O)[C@@H]1CCCCN1C(=O)[C@H](CCC(=O)O)NC(=O)CCl. The van der Waals surface area contributed by atoms with E-state index in [4.69, 9.17) is 17.3 Å². The molecule has 1 fully saturated rings. The van der Waals surface area contributed by atoms with Crippen LogP contribution in [0.5, 0.6) is 0 Å². The van der Waals surface area contributed by atoms with Crippen molar-refractivity contribution in [2.24, 2.45) is 5.73 Å². The number of nitrogens with one attached hydrogen (secondary N) is 4. The summed E-state index contributed by atoms with van der Waals surface area (Å²) in [5.74, 6) is -4.84. The number of para-hydroxylation sites is 1. The summed E-state index contributed by atoms with van der Waals surface area (Å²) in [5, 5.41) is 20.1. The molecule has 0 radical (unpaired) electrons. The molecule has 0 bridgehead atoms. The minimum atomic E-state index is -1.21. The van der Waals surface area contributed by atoms with Crippen molar-refractivity contribution in [2.75, 3.05) is 12.4 Å². The Morgan fingerprint density at radius 3 is 2.37 bits per heavy atom. The Bertz CT molecular complexity index is 1930. The molecule has 13 nitrogen and oxygen atoms in total. The number of nitrogens with two attached hydrogens (primary N) is 1. The van der Waals surface area contributed by atoms with Crippen LogP contribution < -0.4 is 21.7 Å². The fraction of sp³-hybridized carbons (Fsp3) is 0.351. The van der Waals surface area contributed by atoms with Crippen LogP contribution in [-0.4, -0.2) is 87.1 Å². The molecular weight excluding hydrogens is 676 g/mol. The number of nitrogens with zero attached hydrogens (tertiary/aromatic N) is 1. The van der Waals surface area contributed by atoms with E-state index in [1.807, 2.05) is 66.7 Å². The second-order valence-electron chi connectivity index (χ2n) is 12.7. The molecule has 0 aliphatic carbocycles. The Balaban J connectivity index is 1.38. The zero-order valence-electron chi connectivity index (χ0n) is 27.9. The molecule has 1 aliphatic rings. The summed E-state index contributed by atoms with van der Waals surface area (Å²) in [6.07, 6.45) is 2.81. The third-order valence-electron chi connectivity index (χ3n) is 9.14. The Labute approximate surface area is 299 Å². The van der Waals surface area contributed by atoms with E-state index < -0.39 is 72.0 Å². The largest absolute Gasteiger partial charge is 0.481 e. The van der Waals surface area contributed by atoms with E-state index in [0.29, 0.717) is 12.8 Å². The number of benzene rings is 3. The van der Waals surface area contributed by atoms with Crippen LogP contribution in [0.15, 0.2) is 72.9 Å². The number of carboxylic acids is 1. The maximum Gasteiger partial charge on any atom is 0.303 e. The van der Waals surface area contributed by atoms with Crippen molar-refractivity contribution < 1.29 is 33.9 Å². The van der Waals surface area contributed by atoms with Gasteiger partial charge in [-0.1, -0.05) is 60.7 Å². The maximum absolute atomic E-state index is 14.0.